The summed E-state index contributed by atoms with van der Waals surface area (Å²) in [5.74, 6) is 1.94. The van der Waals surface area contributed by atoms with Crippen molar-refractivity contribution in [3.63, 3.8) is 0 Å². The van der Waals surface area contributed by atoms with Crippen molar-refractivity contribution >= 4 is 16.6 Å². The van der Waals surface area contributed by atoms with Crippen LogP contribution >= 0.6 is 0 Å². The Morgan fingerprint density at radius 2 is 0.840 bits per heavy atom. The van der Waals surface area contributed by atoms with Crippen LogP contribution in [0.4, 0.5) is 0 Å². The Labute approximate surface area is 155 Å². The predicted molar refractivity (Wildman–Crippen MR) is 113 cm³/mol. The summed E-state index contributed by atoms with van der Waals surface area (Å²) in [4.78, 5) is 0. The van der Waals surface area contributed by atoms with E-state index in [0.29, 0.717) is 0 Å². The van der Waals surface area contributed by atoms with E-state index in [-0.39, 0.29) is 5.41 Å². The van der Waals surface area contributed by atoms with Gasteiger partial charge in [-0.05, 0) is 74.7 Å². The summed E-state index contributed by atoms with van der Waals surface area (Å²) in [5.41, 5.74) is 2.51. The lowest BCUT2D eigenvalue weighted by molar-refractivity contribution is 0.554. The second-order valence-electron chi connectivity index (χ2n) is 9.10. The number of hydrogen-bond acceptors (Lipinski definition) is 2. The first-order valence-electron chi connectivity index (χ1n) is 8.96. The zero-order valence-electron chi connectivity index (χ0n) is 16.9. The third-order valence-electron chi connectivity index (χ3n) is 4.00. The normalized spacial score (nSPS) is 12.8. The number of benzene rings is 2. The van der Waals surface area contributed by atoms with Crippen LogP contribution in [0, 0.1) is 0 Å². The zero-order chi connectivity index (χ0) is 18.9. The third kappa shape index (κ3) is 5.75. The van der Waals surface area contributed by atoms with Crippen molar-refractivity contribution in [2.24, 2.45) is 0 Å². The molecule has 0 amide bonds. The van der Waals surface area contributed by atoms with E-state index in [4.69, 9.17) is 8.85 Å². The number of hydrogen-bond donors (Lipinski definition) is 0. The SMILES string of the molecule is CC(C)(c1ccc(O[Si](C)(C)C)cc1)c1ccc(O[Si](C)(C)C)cc1. The molecule has 0 aliphatic heterocycles. The first-order chi connectivity index (χ1) is 11.4. The Morgan fingerprint density at radius 1 is 0.560 bits per heavy atom. The molecule has 0 spiro atoms. The summed E-state index contributed by atoms with van der Waals surface area (Å²) < 4.78 is 12.1. The van der Waals surface area contributed by atoms with Gasteiger partial charge in [-0.15, -0.1) is 0 Å². The van der Waals surface area contributed by atoms with Gasteiger partial charge in [0.25, 0.3) is 0 Å². The van der Waals surface area contributed by atoms with Crippen molar-refractivity contribution in [3.05, 3.63) is 59.7 Å². The first-order valence-corrected chi connectivity index (χ1v) is 15.8. The molecule has 2 aromatic carbocycles. The van der Waals surface area contributed by atoms with Gasteiger partial charge in [-0.3, -0.25) is 0 Å². The molecule has 4 heteroatoms. The summed E-state index contributed by atoms with van der Waals surface area (Å²) in [6.45, 7) is 17.7. The lowest BCUT2D eigenvalue weighted by Crippen LogP contribution is -2.29. The van der Waals surface area contributed by atoms with Crippen molar-refractivity contribution < 1.29 is 8.85 Å². The maximum Gasteiger partial charge on any atom is 0.242 e. The molecule has 0 aliphatic rings. The van der Waals surface area contributed by atoms with E-state index < -0.39 is 16.6 Å². The topological polar surface area (TPSA) is 18.5 Å². The van der Waals surface area contributed by atoms with Crippen molar-refractivity contribution in [1.29, 1.82) is 0 Å². The van der Waals surface area contributed by atoms with Gasteiger partial charge in [-0.1, -0.05) is 38.1 Å². The van der Waals surface area contributed by atoms with E-state index in [9.17, 15) is 0 Å². The smallest absolute Gasteiger partial charge is 0.242 e. The molecule has 0 saturated carbocycles. The van der Waals surface area contributed by atoms with Crippen LogP contribution in [0.2, 0.25) is 39.3 Å². The van der Waals surface area contributed by atoms with Gasteiger partial charge in [-0.2, -0.15) is 0 Å². The molecule has 0 unspecified atom stereocenters. The van der Waals surface area contributed by atoms with Gasteiger partial charge in [0.2, 0.25) is 16.6 Å². The van der Waals surface area contributed by atoms with Crippen LogP contribution in [0.3, 0.4) is 0 Å². The van der Waals surface area contributed by atoms with E-state index in [0.717, 1.165) is 11.5 Å². The Balaban J connectivity index is 2.20. The highest BCUT2D eigenvalue weighted by Crippen LogP contribution is 2.33. The molecule has 0 atom stereocenters. The van der Waals surface area contributed by atoms with Crippen LogP contribution in [-0.2, 0) is 5.41 Å². The van der Waals surface area contributed by atoms with Gasteiger partial charge in [0.15, 0.2) is 0 Å². The van der Waals surface area contributed by atoms with Crippen LogP contribution in [0.15, 0.2) is 48.5 Å². The summed E-state index contributed by atoms with van der Waals surface area (Å²) in [5, 5.41) is 0. The average molecular weight is 373 g/mol. The summed E-state index contributed by atoms with van der Waals surface area (Å²) in [6, 6.07) is 17.1. The monoisotopic (exact) mass is 372 g/mol. The van der Waals surface area contributed by atoms with E-state index in [1.54, 1.807) is 0 Å². The molecule has 0 heterocycles. The average Bonchev–Trinajstić information content (AvgIpc) is 2.45. The molecule has 0 bridgehead atoms. The van der Waals surface area contributed by atoms with Crippen molar-refractivity contribution in [2.75, 3.05) is 0 Å². The Bertz CT molecular complexity index is 629. The summed E-state index contributed by atoms with van der Waals surface area (Å²) in [6.07, 6.45) is 0. The fourth-order valence-corrected chi connectivity index (χ4v) is 4.44. The maximum absolute atomic E-state index is 6.06. The molecule has 2 nitrogen and oxygen atoms in total. The molecule has 25 heavy (non-hydrogen) atoms. The second-order valence-corrected chi connectivity index (χ2v) is 18.0. The van der Waals surface area contributed by atoms with Crippen LogP contribution in [-0.4, -0.2) is 16.6 Å². The molecule has 2 aromatic rings. The molecule has 0 N–H and O–H groups in total. The van der Waals surface area contributed by atoms with Gasteiger partial charge in [0, 0.05) is 5.41 Å². The van der Waals surface area contributed by atoms with Gasteiger partial charge in [0.1, 0.15) is 11.5 Å². The molecular formula is C21H32O2Si2. The minimum Gasteiger partial charge on any atom is -0.544 e. The quantitative estimate of drug-likeness (QED) is 0.543. The van der Waals surface area contributed by atoms with Crippen LogP contribution in [0.25, 0.3) is 0 Å². The zero-order valence-corrected chi connectivity index (χ0v) is 18.9. The Hall–Kier alpha value is -1.53. The van der Waals surface area contributed by atoms with Gasteiger partial charge in [0.05, 0.1) is 0 Å². The van der Waals surface area contributed by atoms with Crippen molar-refractivity contribution in [2.45, 2.75) is 58.5 Å². The fourth-order valence-electron chi connectivity index (χ4n) is 2.75. The molecule has 0 saturated heterocycles. The first kappa shape index (κ1) is 19.8. The molecule has 0 radical (unpaired) electrons. The second kappa shape index (κ2) is 7.00. The molecule has 0 aromatic heterocycles. The standard InChI is InChI=1S/C21H32O2Si2/c1-21(2,17-9-13-19(14-10-17)22-24(3,4)5)18-11-15-20(16-12-18)23-25(6,7)8/h9-16H,1-8H3. The number of rotatable bonds is 6. The van der Waals surface area contributed by atoms with Crippen LogP contribution in [0.1, 0.15) is 25.0 Å². The van der Waals surface area contributed by atoms with E-state index >= 15 is 0 Å². The molecule has 136 valence electrons. The minimum absolute atomic E-state index is 0.0601. The largest absolute Gasteiger partial charge is 0.544 e. The predicted octanol–water partition coefficient (Wildman–Crippen LogP) is 6.44. The highest BCUT2D eigenvalue weighted by atomic mass is 28.4. The lowest BCUT2D eigenvalue weighted by Gasteiger charge is -2.27. The molecule has 2 rings (SSSR count). The highest BCUT2D eigenvalue weighted by molar-refractivity contribution is 6.70. The van der Waals surface area contributed by atoms with E-state index in [1.807, 2.05) is 0 Å². The van der Waals surface area contributed by atoms with Gasteiger partial charge < -0.3 is 8.85 Å². The van der Waals surface area contributed by atoms with Gasteiger partial charge >= 0.3 is 0 Å². The van der Waals surface area contributed by atoms with Crippen molar-refractivity contribution in [1.82, 2.24) is 0 Å². The van der Waals surface area contributed by atoms with E-state index in [1.165, 1.54) is 11.1 Å². The lowest BCUT2D eigenvalue weighted by atomic mass is 9.78. The third-order valence-corrected chi connectivity index (χ3v) is 5.70. The maximum atomic E-state index is 6.06. The molecule has 0 aliphatic carbocycles. The summed E-state index contributed by atoms with van der Waals surface area (Å²) in [7, 11) is -3.12. The van der Waals surface area contributed by atoms with Crippen LogP contribution < -0.4 is 8.85 Å². The molecule has 0 fully saturated rings. The van der Waals surface area contributed by atoms with Crippen LogP contribution in [0.5, 0.6) is 11.5 Å². The van der Waals surface area contributed by atoms with Crippen molar-refractivity contribution in [3.8, 4) is 11.5 Å². The van der Waals surface area contributed by atoms with E-state index in [2.05, 4.69) is 102 Å². The highest BCUT2D eigenvalue weighted by Gasteiger charge is 2.24. The fraction of sp³-hybridized carbons (Fsp3) is 0.429. The summed E-state index contributed by atoms with van der Waals surface area (Å²) >= 11 is 0. The van der Waals surface area contributed by atoms with Gasteiger partial charge in [-0.25, -0.2) is 0 Å². The molecular weight excluding hydrogens is 340 g/mol. The minimum atomic E-state index is -1.56. The Kier molecular flexibility index (Phi) is 5.54. The Morgan fingerprint density at radius 3 is 1.08 bits per heavy atom.